The van der Waals surface area contributed by atoms with Crippen LogP contribution >= 0.6 is 23.6 Å². The highest BCUT2D eigenvalue weighted by atomic mass is 32.1. The summed E-state index contributed by atoms with van der Waals surface area (Å²) >= 11 is 6.67. The highest BCUT2D eigenvalue weighted by Crippen LogP contribution is 2.58. The number of nitrogens with zero attached hydrogens (tertiary/aromatic N) is 1. The van der Waals surface area contributed by atoms with Gasteiger partial charge in [-0.05, 0) is 45.3 Å². The Morgan fingerprint density at radius 3 is 2.77 bits per heavy atom. The number of H-pyrrole nitrogens is 1. The molecule has 0 saturated heterocycles. The van der Waals surface area contributed by atoms with E-state index in [1.54, 1.807) is 0 Å². The molecule has 0 unspecified atom stereocenters. The molecule has 2 fully saturated rings. The third-order valence-corrected chi connectivity index (χ3v) is 6.83. The van der Waals surface area contributed by atoms with Crippen molar-refractivity contribution < 1.29 is 9.53 Å². The summed E-state index contributed by atoms with van der Waals surface area (Å²) in [6, 6.07) is 0.345. The van der Waals surface area contributed by atoms with Crippen LogP contribution < -0.4 is 0 Å². The number of thiazole rings is 1. The standard InChI is InChI=1S/C16H24N2O2S2/c1-4-20-13-9-12(16(13)6-5-7-16)18(3)14(19)8-11-10(2)17-15(21)22-11/h12-13H,4-9H2,1-3H3,(H,17,21)/t12-,13+/m0/s1. The highest BCUT2D eigenvalue weighted by molar-refractivity contribution is 7.73. The van der Waals surface area contributed by atoms with E-state index < -0.39 is 0 Å². The zero-order valence-corrected chi connectivity index (χ0v) is 15.1. The fourth-order valence-electron chi connectivity index (χ4n) is 3.99. The number of carbonyl (C=O) groups excluding carboxylic acids is 1. The minimum absolute atomic E-state index is 0.194. The monoisotopic (exact) mass is 340 g/mol. The van der Waals surface area contributed by atoms with Crippen molar-refractivity contribution in [3.05, 3.63) is 14.5 Å². The second kappa shape index (κ2) is 6.06. The van der Waals surface area contributed by atoms with Crippen molar-refractivity contribution in [2.45, 2.75) is 58.1 Å². The van der Waals surface area contributed by atoms with Gasteiger partial charge in [-0.1, -0.05) is 6.42 Å². The van der Waals surface area contributed by atoms with Crippen molar-refractivity contribution in [3.63, 3.8) is 0 Å². The van der Waals surface area contributed by atoms with Crippen molar-refractivity contribution in [2.75, 3.05) is 13.7 Å². The quantitative estimate of drug-likeness (QED) is 0.835. The average Bonchev–Trinajstić information content (AvgIpc) is 2.69. The summed E-state index contributed by atoms with van der Waals surface area (Å²) in [5, 5.41) is 0. The molecular weight excluding hydrogens is 316 g/mol. The van der Waals surface area contributed by atoms with E-state index in [0.29, 0.717) is 18.6 Å². The Balaban J connectivity index is 1.66. The fraction of sp³-hybridized carbons (Fsp3) is 0.750. The molecule has 1 aromatic rings. The van der Waals surface area contributed by atoms with Gasteiger partial charge >= 0.3 is 0 Å². The number of ether oxygens (including phenoxy) is 1. The third kappa shape index (κ3) is 2.55. The van der Waals surface area contributed by atoms with Crippen LogP contribution in [0.15, 0.2) is 0 Å². The predicted molar refractivity (Wildman–Crippen MR) is 90.8 cm³/mol. The van der Waals surface area contributed by atoms with Crippen LogP contribution in [0.4, 0.5) is 0 Å². The number of nitrogens with one attached hydrogen (secondary N) is 1. The summed E-state index contributed by atoms with van der Waals surface area (Å²) in [7, 11) is 1.95. The first-order chi connectivity index (χ1) is 10.5. The molecule has 0 aromatic carbocycles. The zero-order valence-electron chi connectivity index (χ0n) is 13.5. The predicted octanol–water partition coefficient (Wildman–Crippen LogP) is 3.46. The van der Waals surface area contributed by atoms with Crippen molar-refractivity contribution in [1.82, 2.24) is 9.88 Å². The van der Waals surface area contributed by atoms with Crippen LogP contribution in [0.5, 0.6) is 0 Å². The van der Waals surface area contributed by atoms with Gasteiger partial charge in [0.25, 0.3) is 0 Å². The van der Waals surface area contributed by atoms with Crippen molar-refractivity contribution in [1.29, 1.82) is 0 Å². The summed E-state index contributed by atoms with van der Waals surface area (Å²) in [6.07, 6.45) is 5.44. The molecule has 0 bridgehead atoms. The lowest BCUT2D eigenvalue weighted by molar-refractivity contribution is -0.202. The topological polar surface area (TPSA) is 45.3 Å². The molecule has 2 saturated carbocycles. The largest absolute Gasteiger partial charge is 0.378 e. The van der Waals surface area contributed by atoms with Crippen molar-refractivity contribution in [3.8, 4) is 0 Å². The minimum Gasteiger partial charge on any atom is -0.378 e. The summed E-state index contributed by atoms with van der Waals surface area (Å²) < 4.78 is 6.63. The van der Waals surface area contributed by atoms with Crippen LogP contribution in [0.2, 0.25) is 0 Å². The molecule has 1 amide bonds. The van der Waals surface area contributed by atoms with Gasteiger partial charge < -0.3 is 14.6 Å². The lowest BCUT2D eigenvalue weighted by atomic mass is 9.50. The number of aromatic nitrogens is 1. The van der Waals surface area contributed by atoms with E-state index in [0.717, 1.165) is 27.6 Å². The molecule has 3 rings (SSSR count). The fourth-order valence-corrected chi connectivity index (χ4v) is 5.27. The third-order valence-electron chi connectivity index (χ3n) is 5.49. The van der Waals surface area contributed by atoms with Crippen LogP contribution in [-0.4, -0.2) is 41.6 Å². The lowest BCUT2D eigenvalue weighted by Crippen LogP contribution is -2.67. The summed E-state index contributed by atoms with van der Waals surface area (Å²) in [5.74, 6) is 0.194. The first-order valence-corrected chi connectivity index (χ1v) is 9.26. The molecule has 22 heavy (non-hydrogen) atoms. The Kier molecular flexibility index (Phi) is 4.45. The van der Waals surface area contributed by atoms with Gasteiger partial charge in [0, 0.05) is 35.7 Å². The van der Waals surface area contributed by atoms with Gasteiger partial charge in [-0.3, -0.25) is 4.79 Å². The van der Waals surface area contributed by atoms with E-state index in [2.05, 4.69) is 11.9 Å². The summed E-state index contributed by atoms with van der Waals surface area (Å²) in [5.41, 5.74) is 1.26. The van der Waals surface area contributed by atoms with E-state index in [-0.39, 0.29) is 11.3 Å². The number of hydrogen-bond donors (Lipinski definition) is 1. The number of amides is 1. The molecule has 122 valence electrons. The molecule has 1 N–H and O–H groups in total. The second-order valence-corrected chi connectivity index (χ2v) is 8.30. The number of carbonyl (C=O) groups is 1. The molecule has 6 heteroatoms. The number of rotatable bonds is 5. The average molecular weight is 341 g/mol. The second-order valence-electron chi connectivity index (χ2n) is 6.53. The Bertz CT molecular complexity index is 618. The van der Waals surface area contributed by atoms with Gasteiger partial charge in [0.05, 0.1) is 12.5 Å². The maximum absolute atomic E-state index is 12.6. The van der Waals surface area contributed by atoms with Gasteiger partial charge in [0.15, 0.2) is 3.95 Å². The van der Waals surface area contributed by atoms with E-state index in [1.165, 1.54) is 30.6 Å². The molecule has 0 aliphatic heterocycles. The molecule has 2 aliphatic rings. The molecular formula is C16H24N2O2S2. The van der Waals surface area contributed by atoms with Crippen LogP contribution in [0.25, 0.3) is 0 Å². The maximum atomic E-state index is 12.6. The smallest absolute Gasteiger partial charge is 0.227 e. The maximum Gasteiger partial charge on any atom is 0.227 e. The van der Waals surface area contributed by atoms with E-state index in [1.807, 2.05) is 18.9 Å². The van der Waals surface area contributed by atoms with Crippen LogP contribution in [0, 0.1) is 16.3 Å². The first kappa shape index (κ1) is 16.1. The molecule has 4 nitrogen and oxygen atoms in total. The molecule has 1 spiro atoms. The number of hydrogen-bond acceptors (Lipinski definition) is 4. The molecule has 0 radical (unpaired) electrons. The SMILES string of the molecule is CCO[C@@H]1C[C@H](N(C)C(=O)Cc2sc(=S)[nH]c2C)C12CCC2. The lowest BCUT2D eigenvalue weighted by Gasteiger charge is -2.63. The Hall–Kier alpha value is -0.720. The first-order valence-electron chi connectivity index (χ1n) is 8.04. The number of aromatic amines is 1. The zero-order chi connectivity index (χ0) is 15.9. The van der Waals surface area contributed by atoms with Gasteiger partial charge in [-0.2, -0.15) is 0 Å². The van der Waals surface area contributed by atoms with Gasteiger partial charge in [-0.15, -0.1) is 11.3 Å². The Morgan fingerprint density at radius 1 is 1.55 bits per heavy atom. The normalized spacial score (nSPS) is 25.6. The Labute approximate surface area is 140 Å². The van der Waals surface area contributed by atoms with E-state index in [9.17, 15) is 4.79 Å². The number of aryl methyl sites for hydroxylation is 1. The molecule has 1 heterocycles. The van der Waals surface area contributed by atoms with E-state index >= 15 is 0 Å². The molecule has 2 aliphatic carbocycles. The van der Waals surface area contributed by atoms with Crippen LogP contribution in [0.1, 0.15) is 43.2 Å². The minimum atomic E-state index is 0.194. The van der Waals surface area contributed by atoms with Crippen LogP contribution in [-0.2, 0) is 16.0 Å². The summed E-state index contributed by atoms with van der Waals surface area (Å²) in [6.45, 7) is 4.80. The summed E-state index contributed by atoms with van der Waals surface area (Å²) in [4.78, 5) is 18.8. The van der Waals surface area contributed by atoms with Gasteiger partial charge in [-0.25, -0.2) is 0 Å². The highest BCUT2D eigenvalue weighted by Gasteiger charge is 2.60. The van der Waals surface area contributed by atoms with E-state index in [4.69, 9.17) is 17.0 Å². The molecule has 2 atom stereocenters. The van der Waals surface area contributed by atoms with Crippen molar-refractivity contribution >= 4 is 29.5 Å². The Morgan fingerprint density at radius 2 is 2.27 bits per heavy atom. The van der Waals surface area contributed by atoms with Crippen molar-refractivity contribution in [2.24, 2.45) is 5.41 Å². The van der Waals surface area contributed by atoms with Gasteiger partial charge in [0.1, 0.15) is 0 Å². The van der Waals surface area contributed by atoms with Crippen LogP contribution in [0.3, 0.4) is 0 Å². The van der Waals surface area contributed by atoms with Gasteiger partial charge in [0.2, 0.25) is 5.91 Å². The number of likely N-dealkylation sites (N-methyl/N-ethyl adjacent to an activating group) is 1. The molecule has 1 aromatic heterocycles.